The molecule has 4 heteroatoms. The van der Waals surface area contributed by atoms with E-state index in [0.717, 1.165) is 16.7 Å². The van der Waals surface area contributed by atoms with Crippen molar-refractivity contribution in [2.75, 3.05) is 7.11 Å². The van der Waals surface area contributed by atoms with Gasteiger partial charge < -0.3 is 0 Å². The van der Waals surface area contributed by atoms with Crippen molar-refractivity contribution in [2.24, 2.45) is 0 Å². The third kappa shape index (κ3) is 2.93. The van der Waals surface area contributed by atoms with E-state index in [9.17, 15) is 4.89 Å². The van der Waals surface area contributed by atoms with Gasteiger partial charge in [-0.2, -0.15) is 0 Å². The molecular weight excluding hydrogens is 343 g/mol. The van der Waals surface area contributed by atoms with E-state index in [1.165, 1.54) is 7.11 Å². The Hall–Kier alpha value is -2.19. The fourth-order valence-electron chi connectivity index (χ4n) is 3.32. The summed E-state index contributed by atoms with van der Waals surface area (Å²) in [6, 6.07) is 23.1. The zero-order valence-electron chi connectivity index (χ0n) is 15.6. The van der Waals surface area contributed by atoms with Gasteiger partial charge in [-0.3, -0.25) is 0 Å². The first-order valence-electron chi connectivity index (χ1n) is 8.61. The third-order valence-electron chi connectivity index (χ3n) is 4.78. The Morgan fingerprint density at radius 1 is 0.654 bits per heavy atom. The molecule has 0 unspecified atom stereocenters. The summed E-state index contributed by atoms with van der Waals surface area (Å²) in [4.78, 5) is 12.4. The van der Waals surface area contributed by atoms with Crippen LogP contribution in [-0.4, -0.2) is 12.0 Å². The number of hydrogen-bond donors (Lipinski definition) is 1. The van der Waals surface area contributed by atoms with Gasteiger partial charge in [0.25, 0.3) is 0 Å². The molecule has 0 aliphatic carbocycles. The fraction of sp³-hybridized carbons (Fsp3) is 0.182. The van der Waals surface area contributed by atoms with Crippen LogP contribution in [0.1, 0.15) is 16.7 Å². The molecule has 3 nitrogen and oxygen atoms in total. The van der Waals surface area contributed by atoms with Crippen molar-refractivity contribution in [3.05, 3.63) is 89.5 Å². The predicted molar refractivity (Wildman–Crippen MR) is 110 cm³/mol. The molecule has 26 heavy (non-hydrogen) atoms. The summed E-state index contributed by atoms with van der Waals surface area (Å²) in [5, 5.41) is 1.36. The van der Waals surface area contributed by atoms with E-state index in [2.05, 4.69) is 0 Å². The maximum atomic E-state index is 12.4. The van der Waals surface area contributed by atoms with E-state index in [1.807, 2.05) is 93.6 Å². The van der Waals surface area contributed by atoms with Crippen LogP contribution in [0.3, 0.4) is 0 Å². The Bertz CT molecular complexity index is 890. The molecule has 0 saturated heterocycles. The van der Waals surface area contributed by atoms with Crippen molar-refractivity contribution in [3.63, 3.8) is 0 Å². The molecule has 0 bridgehead atoms. The third-order valence-corrected chi connectivity index (χ3v) is 8.70. The fourth-order valence-corrected chi connectivity index (χ4v) is 6.90. The van der Waals surface area contributed by atoms with Crippen molar-refractivity contribution in [1.29, 1.82) is 0 Å². The second-order valence-electron chi connectivity index (χ2n) is 6.53. The summed E-state index contributed by atoms with van der Waals surface area (Å²) in [7, 11) is -2.87. The SMILES string of the molecule is COP(O)(Oc1ccccc1C)(c1ccccc1C)c1ccccc1C. The Morgan fingerprint density at radius 2 is 1.08 bits per heavy atom. The van der Waals surface area contributed by atoms with Gasteiger partial charge >= 0.3 is 155 Å². The Balaban J connectivity index is 2.37. The minimum absolute atomic E-state index is 0.612. The molecule has 0 aromatic heterocycles. The zero-order valence-corrected chi connectivity index (χ0v) is 16.5. The summed E-state index contributed by atoms with van der Waals surface area (Å²) >= 11 is 0. The van der Waals surface area contributed by atoms with Gasteiger partial charge in [0.15, 0.2) is 0 Å². The minimum atomic E-state index is -4.39. The molecule has 1 N–H and O–H groups in total. The summed E-state index contributed by atoms with van der Waals surface area (Å²) in [5.41, 5.74) is 2.78. The molecule has 0 atom stereocenters. The molecule has 0 fully saturated rings. The molecule has 0 radical (unpaired) electrons. The first kappa shape index (κ1) is 18.6. The molecule has 0 amide bonds. The molecule has 0 aliphatic heterocycles. The van der Waals surface area contributed by atoms with Gasteiger partial charge in [-0.25, -0.2) is 0 Å². The van der Waals surface area contributed by atoms with Gasteiger partial charge in [0.1, 0.15) is 0 Å². The number of benzene rings is 3. The van der Waals surface area contributed by atoms with Crippen molar-refractivity contribution >= 4 is 17.9 Å². The van der Waals surface area contributed by atoms with Crippen LogP contribution in [0.2, 0.25) is 0 Å². The molecule has 3 rings (SSSR count). The van der Waals surface area contributed by atoms with E-state index in [-0.39, 0.29) is 0 Å². The number of aryl methyl sites for hydroxylation is 3. The average Bonchev–Trinajstić information content (AvgIpc) is 2.64. The number of hydrogen-bond acceptors (Lipinski definition) is 3. The van der Waals surface area contributed by atoms with E-state index >= 15 is 0 Å². The van der Waals surface area contributed by atoms with Crippen LogP contribution in [0.5, 0.6) is 5.75 Å². The monoisotopic (exact) mass is 368 g/mol. The quantitative estimate of drug-likeness (QED) is 0.670. The van der Waals surface area contributed by atoms with Crippen LogP contribution >= 0.6 is 7.28 Å². The molecule has 0 aliphatic rings. The van der Waals surface area contributed by atoms with Crippen molar-refractivity contribution in [1.82, 2.24) is 0 Å². The molecule has 136 valence electrons. The first-order chi connectivity index (χ1) is 12.4. The van der Waals surface area contributed by atoms with Crippen molar-refractivity contribution in [3.8, 4) is 5.75 Å². The number of para-hydroxylation sites is 1. The molecule has 0 saturated carbocycles. The maximum absolute atomic E-state index is 12.4. The Labute approximate surface area is 155 Å². The Kier molecular flexibility index (Phi) is 4.90. The van der Waals surface area contributed by atoms with Crippen LogP contribution in [0.4, 0.5) is 0 Å². The van der Waals surface area contributed by atoms with Crippen LogP contribution in [-0.2, 0) is 4.52 Å². The molecule has 3 aromatic carbocycles. The van der Waals surface area contributed by atoms with Gasteiger partial charge in [-0.05, 0) is 0 Å². The van der Waals surface area contributed by atoms with Gasteiger partial charge in [-0.1, -0.05) is 0 Å². The van der Waals surface area contributed by atoms with E-state index in [0.29, 0.717) is 16.4 Å². The molecular formula is C22H25O3P. The Morgan fingerprint density at radius 3 is 1.50 bits per heavy atom. The summed E-state index contributed by atoms with van der Waals surface area (Å²) < 4.78 is 12.4. The first-order valence-corrected chi connectivity index (χ1v) is 10.6. The number of rotatable bonds is 5. The van der Waals surface area contributed by atoms with Gasteiger partial charge in [0.05, 0.1) is 0 Å². The summed E-state index contributed by atoms with van der Waals surface area (Å²) in [6.07, 6.45) is 0. The molecule has 3 aromatic rings. The predicted octanol–water partition coefficient (Wildman–Crippen LogP) is 4.58. The second-order valence-corrected chi connectivity index (χ2v) is 9.87. The van der Waals surface area contributed by atoms with Gasteiger partial charge in [-0.15, -0.1) is 0 Å². The average molecular weight is 368 g/mol. The van der Waals surface area contributed by atoms with Crippen LogP contribution in [0.15, 0.2) is 72.8 Å². The van der Waals surface area contributed by atoms with Crippen LogP contribution in [0, 0.1) is 20.8 Å². The zero-order chi connectivity index (χ0) is 18.8. The van der Waals surface area contributed by atoms with E-state index in [4.69, 9.17) is 9.05 Å². The molecule has 0 heterocycles. The van der Waals surface area contributed by atoms with E-state index < -0.39 is 7.28 Å². The summed E-state index contributed by atoms with van der Waals surface area (Å²) in [6.45, 7) is 5.89. The normalized spacial score (nSPS) is 13.0. The van der Waals surface area contributed by atoms with Crippen LogP contribution < -0.4 is 15.1 Å². The topological polar surface area (TPSA) is 38.7 Å². The van der Waals surface area contributed by atoms with Gasteiger partial charge in [0, 0.05) is 0 Å². The van der Waals surface area contributed by atoms with Crippen molar-refractivity contribution < 1.29 is 13.9 Å². The van der Waals surface area contributed by atoms with E-state index in [1.54, 1.807) is 0 Å². The standard InChI is InChI=1S/C22H25O3P/c1-17-11-5-8-14-20(17)25-26(23,24-4,21-15-9-6-12-18(21)2)22-16-10-7-13-19(22)3/h5-16,23H,1-4H3. The van der Waals surface area contributed by atoms with Gasteiger partial charge in [0.2, 0.25) is 0 Å². The van der Waals surface area contributed by atoms with Crippen LogP contribution in [0.25, 0.3) is 0 Å². The second kappa shape index (κ2) is 6.85. The summed E-state index contributed by atoms with van der Waals surface area (Å²) in [5.74, 6) is 0.612. The van der Waals surface area contributed by atoms with Crippen molar-refractivity contribution in [2.45, 2.75) is 20.8 Å². The molecule has 0 spiro atoms.